The zero-order chi connectivity index (χ0) is 15.1. The summed E-state index contributed by atoms with van der Waals surface area (Å²) in [6.07, 6.45) is 2.37. The molecule has 1 aromatic carbocycles. The second kappa shape index (κ2) is 8.41. The summed E-state index contributed by atoms with van der Waals surface area (Å²) in [5.74, 6) is -0.930. The minimum atomic E-state index is -0.780. The third-order valence-electron chi connectivity index (χ3n) is 3.91. The molecule has 3 nitrogen and oxygen atoms in total. The van der Waals surface area contributed by atoms with E-state index in [9.17, 15) is 8.78 Å². The molecule has 5 heteroatoms. The molecule has 1 heterocycles. The van der Waals surface area contributed by atoms with Crippen LogP contribution in [0.5, 0.6) is 0 Å². The molecule has 21 heavy (non-hydrogen) atoms. The van der Waals surface area contributed by atoms with E-state index in [0.29, 0.717) is 12.5 Å². The van der Waals surface area contributed by atoms with E-state index in [1.807, 2.05) is 0 Å². The highest BCUT2D eigenvalue weighted by molar-refractivity contribution is 5.17. The largest absolute Gasteiger partial charge is 0.383 e. The zero-order valence-electron chi connectivity index (χ0n) is 12.6. The minimum absolute atomic E-state index is 0.612. The van der Waals surface area contributed by atoms with Gasteiger partial charge in [-0.2, -0.15) is 0 Å². The molecule has 0 radical (unpaired) electrons. The number of benzene rings is 1. The fourth-order valence-corrected chi connectivity index (χ4v) is 2.84. The van der Waals surface area contributed by atoms with Crippen molar-refractivity contribution >= 4 is 0 Å². The van der Waals surface area contributed by atoms with Crippen molar-refractivity contribution in [2.24, 2.45) is 5.92 Å². The third-order valence-corrected chi connectivity index (χ3v) is 3.91. The first-order valence-corrected chi connectivity index (χ1v) is 7.55. The minimum Gasteiger partial charge on any atom is -0.383 e. The van der Waals surface area contributed by atoms with Crippen LogP contribution in [0.3, 0.4) is 0 Å². The normalized spacial score (nSPS) is 19.9. The third kappa shape index (κ3) is 5.34. The number of hydrogen-bond donors (Lipinski definition) is 1. The van der Waals surface area contributed by atoms with Crippen molar-refractivity contribution in [2.75, 3.05) is 39.9 Å². The van der Waals surface area contributed by atoms with Crippen LogP contribution in [0.2, 0.25) is 0 Å². The maximum absolute atomic E-state index is 13.2. The van der Waals surface area contributed by atoms with Gasteiger partial charge in [-0.1, -0.05) is 6.07 Å². The van der Waals surface area contributed by atoms with Crippen molar-refractivity contribution in [2.45, 2.75) is 19.4 Å². The van der Waals surface area contributed by atoms with E-state index in [1.165, 1.54) is 18.6 Å². The number of likely N-dealkylation sites (tertiary alicyclic amines) is 1. The summed E-state index contributed by atoms with van der Waals surface area (Å²) in [5, 5.41) is 3.40. The first kappa shape index (κ1) is 16.3. The quantitative estimate of drug-likeness (QED) is 0.782. The van der Waals surface area contributed by atoms with Crippen molar-refractivity contribution in [3.63, 3.8) is 0 Å². The predicted molar refractivity (Wildman–Crippen MR) is 79.1 cm³/mol. The number of halogens is 2. The molecule has 0 aliphatic carbocycles. The predicted octanol–water partition coefficient (Wildman–Crippen LogP) is 2.41. The Morgan fingerprint density at radius 3 is 2.95 bits per heavy atom. The first-order chi connectivity index (χ1) is 10.2. The van der Waals surface area contributed by atoms with E-state index in [2.05, 4.69) is 10.2 Å². The Morgan fingerprint density at radius 2 is 2.19 bits per heavy atom. The summed E-state index contributed by atoms with van der Waals surface area (Å²) in [5.41, 5.74) is 0.835. The summed E-state index contributed by atoms with van der Waals surface area (Å²) < 4.78 is 31.2. The molecule has 2 rings (SSSR count). The van der Waals surface area contributed by atoms with Gasteiger partial charge in [0, 0.05) is 26.7 Å². The van der Waals surface area contributed by atoms with Crippen molar-refractivity contribution < 1.29 is 13.5 Å². The molecule has 1 atom stereocenters. The van der Waals surface area contributed by atoms with Crippen LogP contribution >= 0.6 is 0 Å². The first-order valence-electron chi connectivity index (χ1n) is 7.55. The maximum atomic E-state index is 13.2. The summed E-state index contributed by atoms with van der Waals surface area (Å²) in [6, 6.07) is 4.17. The number of rotatable bonds is 7. The molecule has 1 unspecified atom stereocenters. The van der Waals surface area contributed by atoms with Crippen molar-refractivity contribution in [3.8, 4) is 0 Å². The van der Waals surface area contributed by atoms with Gasteiger partial charge in [-0.15, -0.1) is 0 Å². The van der Waals surface area contributed by atoms with Gasteiger partial charge in [0.1, 0.15) is 0 Å². The monoisotopic (exact) mass is 298 g/mol. The maximum Gasteiger partial charge on any atom is 0.159 e. The zero-order valence-corrected chi connectivity index (χ0v) is 12.6. The summed E-state index contributed by atoms with van der Waals surface area (Å²) in [7, 11) is 1.70. The Balaban J connectivity index is 1.79. The Kier molecular flexibility index (Phi) is 6.54. The van der Waals surface area contributed by atoms with Gasteiger partial charge in [0.25, 0.3) is 0 Å². The van der Waals surface area contributed by atoms with Crippen LogP contribution in [0.15, 0.2) is 18.2 Å². The van der Waals surface area contributed by atoms with Crippen LogP contribution in [0.4, 0.5) is 8.78 Å². The topological polar surface area (TPSA) is 24.5 Å². The van der Waals surface area contributed by atoms with Crippen LogP contribution in [0, 0.1) is 17.6 Å². The molecule has 0 amide bonds. The number of nitrogens with zero attached hydrogens (tertiary/aromatic N) is 1. The fraction of sp³-hybridized carbons (Fsp3) is 0.625. The Labute approximate surface area is 125 Å². The lowest BCUT2D eigenvalue weighted by molar-refractivity contribution is 0.159. The van der Waals surface area contributed by atoms with Gasteiger partial charge in [-0.3, -0.25) is 4.90 Å². The molecule has 0 bridgehead atoms. The molecule has 1 saturated heterocycles. The van der Waals surface area contributed by atoms with Crippen molar-refractivity contribution in [3.05, 3.63) is 35.4 Å². The van der Waals surface area contributed by atoms with E-state index in [-0.39, 0.29) is 0 Å². The smallest absolute Gasteiger partial charge is 0.159 e. The molecule has 1 aliphatic heterocycles. The van der Waals surface area contributed by atoms with Crippen LogP contribution < -0.4 is 5.32 Å². The Morgan fingerprint density at radius 1 is 1.33 bits per heavy atom. The fourth-order valence-electron chi connectivity index (χ4n) is 2.84. The number of methoxy groups -OCH3 is 1. The highest BCUT2D eigenvalue weighted by Gasteiger charge is 2.19. The molecule has 1 aliphatic rings. The van der Waals surface area contributed by atoms with Crippen LogP contribution in [0.25, 0.3) is 0 Å². The molecular formula is C16H24F2N2O. The second-order valence-electron chi connectivity index (χ2n) is 5.69. The highest BCUT2D eigenvalue weighted by Crippen LogP contribution is 2.19. The van der Waals surface area contributed by atoms with Crippen LogP contribution in [0.1, 0.15) is 18.4 Å². The molecule has 1 N–H and O–H groups in total. The van der Waals surface area contributed by atoms with Crippen LogP contribution in [-0.4, -0.2) is 44.8 Å². The molecule has 1 fully saturated rings. The lowest BCUT2D eigenvalue weighted by Crippen LogP contribution is -2.39. The summed E-state index contributed by atoms with van der Waals surface area (Å²) in [6.45, 7) is 5.29. The van der Waals surface area contributed by atoms with E-state index < -0.39 is 11.6 Å². The Hall–Kier alpha value is -1.04. The molecule has 0 spiro atoms. The van der Waals surface area contributed by atoms with Crippen molar-refractivity contribution in [1.29, 1.82) is 0 Å². The number of ether oxygens (including phenoxy) is 1. The van der Waals surface area contributed by atoms with E-state index in [1.54, 1.807) is 13.2 Å². The number of piperidine rings is 1. The van der Waals surface area contributed by atoms with Gasteiger partial charge in [0.2, 0.25) is 0 Å². The average Bonchev–Trinajstić information content (AvgIpc) is 2.48. The van der Waals surface area contributed by atoms with E-state index in [0.717, 1.165) is 44.8 Å². The van der Waals surface area contributed by atoms with Gasteiger partial charge in [0.15, 0.2) is 11.6 Å². The van der Waals surface area contributed by atoms with E-state index in [4.69, 9.17) is 4.74 Å². The lowest BCUT2D eigenvalue weighted by atomic mass is 9.97. The molecule has 1 aromatic rings. The van der Waals surface area contributed by atoms with Gasteiger partial charge in [-0.25, -0.2) is 8.78 Å². The Bertz CT molecular complexity index is 442. The standard InChI is InChI=1S/C16H24F2N2O/c1-21-8-6-19-10-14-3-2-7-20(12-14)11-13-4-5-15(17)16(18)9-13/h4-5,9,14,19H,2-3,6-8,10-12H2,1H3. The molecule has 118 valence electrons. The van der Waals surface area contributed by atoms with Crippen LogP contribution in [-0.2, 0) is 11.3 Å². The molecule has 0 saturated carbocycles. The van der Waals surface area contributed by atoms with Crippen molar-refractivity contribution in [1.82, 2.24) is 10.2 Å². The highest BCUT2D eigenvalue weighted by atomic mass is 19.2. The summed E-state index contributed by atoms with van der Waals surface area (Å²) in [4.78, 5) is 2.32. The van der Waals surface area contributed by atoms with Gasteiger partial charge >= 0.3 is 0 Å². The number of hydrogen-bond acceptors (Lipinski definition) is 3. The van der Waals surface area contributed by atoms with Gasteiger partial charge < -0.3 is 10.1 Å². The second-order valence-corrected chi connectivity index (χ2v) is 5.69. The number of nitrogens with one attached hydrogen (secondary N) is 1. The summed E-state index contributed by atoms with van der Waals surface area (Å²) >= 11 is 0. The van der Waals surface area contributed by atoms with E-state index >= 15 is 0 Å². The van der Waals surface area contributed by atoms with Gasteiger partial charge in [-0.05, 0) is 49.5 Å². The molecular weight excluding hydrogens is 274 g/mol. The SMILES string of the molecule is COCCNCC1CCCN(Cc2ccc(F)c(F)c2)C1. The average molecular weight is 298 g/mol. The lowest BCUT2D eigenvalue weighted by Gasteiger charge is -2.33. The van der Waals surface area contributed by atoms with Gasteiger partial charge in [0.05, 0.1) is 6.61 Å². The molecule has 0 aromatic heterocycles.